The van der Waals surface area contributed by atoms with Crippen molar-refractivity contribution in [2.24, 2.45) is 17.8 Å². The lowest BCUT2D eigenvalue weighted by Gasteiger charge is -2.57. The van der Waals surface area contributed by atoms with Crippen LogP contribution in [0.25, 0.3) is 0 Å². The zero-order valence-electron chi connectivity index (χ0n) is 17.0. The molecule has 4 saturated carbocycles. The number of carbonyl (C=O) groups is 1. The van der Waals surface area contributed by atoms with E-state index in [1.165, 1.54) is 31.0 Å². The van der Waals surface area contributed by atoms with E-state index >= 15 is 0 Å². The Morgan fingerprint density at radius 2 is 1.83 bits per heavy atom. The molecule has 0 aliphatic heterocycles. The number of nitrogens with one attached hydrogen (secondary N) is 1. The number of ether oxygens (including phenoxy) is 1. The fourth-order valence-corrected chi connectivity index (χ4v) is 6.68. The highest BCUT2D eigenvalue weighted by Gasteiger charge is 2.51. The number of thioether (sulfide) groups is 1. The molecule has 4 fully saturated rings. The van der Waals surface area contributed by atoms with Crippen molar-refractivity contribution in [2.75, 3.05) is 0 Å². The lowest BCUT2D eigenvalue weighted by Crippen LogP contribution is -2.60. The minimum Gasteiger partial charge on any atom is -0.484 e. The Bertz CT molecular complexity index is 881. The second-order valence-electron chi connectivity index (χ2n) is 9.15. The van der Waals surface area contributed by atoms with Crippen LogP contribution in [0.2, 0.25) is 5.02 Å². The van der Waals surface area contributed by atoms with Crippen molar-refractivity contribution < 1.29 is 13.9 Å². The summed E-state index contributed by atoms with van der Waals surface area (Å²) in [5, 5.41) is 12.2. The molecule has 4 bridgehead atoms. The van der Waals surface area contributed by atoms with Crippen LogP contribution in [0, 0.1) is 17.8 Å². The fourth-order valence-electron chi connectivity index (χ4n) is 5.85. The molecule has 6 rings (SSSR count). The monoisotopic (exact) mass is 447 g/mol. The Morgan fingerprint density at radius 1 is 1.20 bits per heavy atom. The van der Waals surface area contributed by atoms with E-state index in [0.717, 1.165) is 37.0 Å². The van der Waals surface area contributed by atoms with Gasteiger partial charge >= 0.3 is 0 Å². The van der Waals surface area contributed by atoms with E-state index in [1.54, 1.807) is 24.3 Å². The summed E-state index contributed by atoms with van der Waals surface area (Å²) in [5.74, 6) is 3.53. The minimum atomic E-state index is -0.288. The van der Waals surface area contributed by atoms with E-state index in [-0.39, 0.29) is 23.3 Å². The van der Waals surface area contributed by atoms with Crippen molar-refractivity contribution in [3.8, 4) is 5.75 Å². The molecule has 1 aromatic carbocycles. The van der Waals surface area contributed by atoms with Crippen LogP contribution in [-0.2, 0) is 11.4 Å². The van der Waals surface area contributed by atoms with E-state index in [9.17, 15) is 4.79 Å². The maximum atomic E-state index is 12.9. The van der Waals surface area contributed by atoms with Crippen LogP contribution in [-0.4, -0.2) is 26.9 Å². The van der Waals surface area contributed by atoms with Crippen molar-refractivity contribution >= 4 is 29.3 Å². The number of aromatic nitrogens is 2. The van der Waals surface area contributed by atoms with Gasteiger partial charge in [-0.1, -0.05) is 23.4 Å². The van der Waals surface area contributed by atoms with Gasteiger partial charge in [0.25, 0.3) is 11.1 Å². The van der Waals surface area contributed by atoms with Crippen LogP contribution in [0.4, 0.5) is 0 Å². The Morgan fingerprint density at radius 3 is 2.47 bits per heavy atom. The third kappa shape index (κ3) is 4.33. The lowest BCUT2D eigenvalue weighted by atomic mass is 9.53. The molecule has 0 radical (unpaired) electrons. The summed E-state index contributed by atoms with van der Waals surface area (Å²) in [6.07, 6.45) is 7.53. The standard InChI is InChI=1S/C22H26ClN3O3S/c1-13(20(27)24-22-9-14-6-15(10-22)8-16(7-14)11-22)30-21-26-25-19(29-21)12-28-18-4-2-17(23)3-5-18/h2-5,13-16H,6-12H2,1H3,(H,24,27). The Hall–Kier alpha value is -1.73. The third-order valence-electron chi connectivity index (χ3n) is 6.70. The molecule has 0 saturated heterocycles. The SMILES string of the molecule is CC(Sc1nnc(COc2ccc(Cl)cc2)o1)C(=O)NC12CC3CC(CC(C3)C1)C2. The van der Waals surface area contributed by atoms with E-state index < -0.39 is 0 Å². The number of hydrogen-bond donors (Lipinski definition) is 1. The fraction of sp³-hybridized carbons (Fsp3) is 0.591. The molecule has 2 aromatic rings. The average Bonchev–Trinajstić information content (AvgIpc) is 3.13. The van der Waals surface area contributed by atoms with Crippen LogP contribution in [0.15, 0.2) is 33.9 Å². The van der Waals surface area contributed by atoms with Gasteiger partial charge in [-0.05, 0) is 87.5 Å². The van der Waals surface area contributed by atoms with Crippen molar-refractivity contribution in [2.45, 2.75) is 68.1 Å². The van der Waals surface area contributed by atoms with Gasteiger partial charge in [0.15, 0.2) is 6.61 Å². The van der Waals surface area contributed by atoms with Gasteiger partial charge in [0.1, 0.15) is 5.75 Å². The van der Waals surface area contributed by atoms with Crippen LogP contribution < -0.4 is 10.1 Å². The second kappa shape index (κ2) is 8.08. The van der Waals surface area contributed by atoms with E-state index in [4.69, 9.17) is 20.8 Å². The molecule has 1 heterocycles. The number of amides is 1. The predicted octanol–water partition coefficient (Wildman–Crippen LogP) is 4.87. The van der Waals surface area contributed by atoms with Gasteiger partial charge < -0.3 is 14.5 Å². The first-order chi connectivity index (χ1) is 14.5. The molecule has 4 aliphatic carbocycles. The molecule has 1 atom stereocenters. The van der Waals surface area contributed by atoms with Gasteiger partial charge in [-0.2, -0.15) is 0 Å². The van der Waals surface area contributed by atoms with Crippen molar-refractivity contribution in [1.29, 1.82) is 0 Å². The smallest absolute Gasteiger partial charge is 0.277 e. The van der Waals surface area contributed by atoms with E-state index in [1.807, 2.05) is 6.92 Å². The Kier molecular flexibility index (Phi) is 5.44. The highest BCUT2D eigenvalue weighted by Crippen LogP contribution is 2.55. The normalized spacial score (nSPS) is 30.3. The molecule has 4 aliphatic rings. The molecule has 0 spiro atoms. The quantitative estimate of drug-likeness (QED) is 0.610. The van der Waals surface area contributed by atoms with E-state index in [2.05, 4.69) is 15.5 Å². The van der Waals surface area contributed by atoms with Gasteiger partial charge in [-0.25, -0.2) is 0 Å². The number of nitrogens with zero attached hydrogens (tertiary/aromatic N) is 2. The van der Waals surface area contributed by atoms with Gasteiger partial charge in [-0.3, -0.25) is 4.79 Å². The molecule has 1 N–H and O–H groups in total. The van der Waals surface area contributed by atoms with Crippen LogP contribution in [0.1, 0.15) is 51.3 Å². The van der Waals surface area contributed by atoms with E-state index in [0.29, 0.717) is 21.9 Å². The molecule has 6 nitrogen and oxygen atoms in total. The summed E-state index contributed by atoms with van der Waals surface area (Å²) in [4.78, 5) is 12.9. The Balaban J connectivity index is 1.14. The maximum absolute atomic E-state index is 12.9. The predicted molar refractivity (Wildman–Crippen MR) is 114 cm³/mol. The molecule has 1 aromatic heterocycles. The number of hydrogen-bond acceptors (Lipinski definition) is 6. The van der Waals surface area contributed by atoms with Gasteiger partial charge in [0, 0.05) is 10.6 Å². The summed E-state index contributed by atoms with van der Waals surface area (Å²) in [6, 6.07) is 7.09. The topological polar surface area (TPSA) is 77.2 Å². The van der Waals surface area contributed by atoms with Crippen molar-refractivity contribution in [1.82, 2.24) is 15.5 Å². The molecule has 30 heavy (non-hydrogen) atoms. The average molecular weight is 448 g/mol. The molecule has 1 unspecified atom stereocenters. The van der Waals surface area contributed by atoms with Crippen LogP contribution in [0.3, 0.4) is 0 Å². The largest absolute Gasteiger partial charge is 0.484 e. The first kappa shape index (κ1) is 20.2. The first-order valence-corrected chi connectivity index (χ1v) is 11.9. The molecule has 160 valence electrons. The highest BCUT2D eigenvalue weighted by molar-refractivity contribution is 8.00. The van der Waals surface area contributed by atoms with Gasteiger partial charge in [0.2, 0.25) is 5.91 Å². The van der Waals surface area contributed by atoms with Crippen molar-refractivity contribution in [3.63, 3.8) is 0 Å². The maximum Gasteiger partial charge on any atom is 0.277 e. The van der Waals surface area contributed by atoms with Gasteiger partial charge in [-0.15, -0.1) is 10.2 Å². The number of carbonyl (C=O) groups excluding carboxylic acids is 1. The van der Waals surface area contributed by atoms with Crippen molar-refractivity contribution in [3.05, 3.63) is 35.2 Å². The summed E-state index contributed by atoms with van der Waals surface area (Å²) in [7, 11) is 0. The molecular weight excluding hydrogens is 422 g/mol. The third-order valence-corrected chi connectivity index (χ3v) is 7.88. The number of benzene rings is 1. The summed E-state index contributed by atoms with van der Waals surface area (Å²) in [6.45, 7) is 2.07. The second-order valence-corrected chi connectivity index (χ2v) is 10.9. The van der Waals surface area contributed by atoms with Crippen LogP contribution >= 0.6 is 23.4 Å². The highest BCUT2D eigenvalue weighted by atomic mass is 35.5. The zero-order valence-corrected chi connectivity index (χ0v) is 18.5. The molecular formula is C22H26ClN3O3S. The lowest BCUT2D eigenvalue weighted by molar-refractivity contribution is -0.126. The first-order valence-electron chi connectivity index (χ1n) is 10.7. The summed E-state index contributed by atoms with van der Waals surface area (Å²) in [5.41, 5.74) is 0.0209. The summed E-state index contributed by atoms with van der Waals surface area (Å²) >= 11 is 7.17. The number of rotatable bonds is 7. The Labute approximate surface area is 185 Å². The molecule has 8 heteroatoms. The molecule has 1 amide bonds. The van der Waals surface area contributed by atoms with Crippen LogP contribution in [0.5, 0.6) is 5.75 Å². The van der Waals surface area contributed by atoms with Gasteiger partial charge in [0.05, 0.1) is 5.25 Å². The zero-order chi connectivity index (χ0) is 20.7. The number of halogens is 1. The summed E-state index contributed by atoms with van der Waals surface area (Å²) < 4.78 is 11.3. The minimum absolute atomic E-state index is 0.0209.